The smallest absolute Gasteiger partial charge is 0.120 e. The Kier molecular flexibility index (Phi) is 5.72. The molecule has 150 valence electrons. The quantitative estimate of drug-likeness (QED) is 0.437. The molecule has 0 radical (unpaired) electrons. The molecule has 0 saturated carbocycles. The fourth-order valence-corrected chi connectivity index (χ4v) is 4.63. The lowest BCUT2D eigenvalue weighted by atomic mass is 10.1. The Hall–Kier alpha value is -2.59. The second kappa shape index (κ2) is 8.42. The minimum Gasteiger partial charge on any atom is -0.491 e. The van der Waals surface area contributed by atoms with E-state index in [1.807, 2.05) is 0 Å². The summed E-state index contributed by atoms with van der Waals surface area (Å²) in [5.74, 6) is 1.81. The molecule has 0 amide bonds. The fraction of sp³-hybridized carbons (Fsp3) is 0.280. The summed E-state index contributed by atoms with van der Waals surface area (Å²) in [6.07, 6.45) is 0.306. The summed E-state index contributed by atoms with van der Waals surface area (Å²) in [5.41, 5.74) is 3.70. The van der Waals surface area contributed by atoms with Crippen molar-refractivity contribution < 1.29 is 9.47 Å². The standard InChI is InChI=1S/C25H27NO2S/c1-17(2)27-20-10-12-22-24(14-20)29-25-15-21(28-18(3)4)11-13-23(25)26(22)16-19-8-6-5-7-9-19/h5-15,17-18H,16H2,1-4H3. The van der Waals surface area contributed by atoms with Crippen LogP contribution in [0.15, 0.2) is 76.5 Å². The van der Waals surface area contributed by atoms with E-state index in [0.717, 1.165) is 18.0 Å². The highest BCUT2D eigenvalue weighted by molar-refractivity contribution is 7.99. The summed E-state index contributed by atoms with van der Waals surface area (Å²) >= 11 is 1.78. The molecule has 4 heteroatoms. The first-order chi connectivity index (χ1) is 14.0. The van der Waals surface area contributed by atoms with Crippen molar-refractivity contribution >= 4 is 23.1 Å². The molecule has 1 aliphatic rings. The third kappa shape index (κ3) is 4.54. The van der Waals surface area contributed by atoms with Gasteiger partial charge in [-0.05, 0) is 69.7 Å². The Morgan fingerprint density at radius 1 is 0.724 bits per heavy atom. The molecule has 0 bridgehead atoms. The van der Waals surface area contributed by atoms with Crippen molar-refractivity contribution in [3.8, 4) is 11.5 Å². The highest BCUT2D eigenvalue weighted by Gasteiger charge is 2.25. The van der Waals surface area contributed by atoms with Gasteiger partial charge in [0, 0.05) is 16.3 Å². The van der Waals surface area contributed by atoms with Crippen LogP contribution in [-0.4, -0.2) is 12.2 Å². The lowest BCUT2D eigenvalue weighted by molar-refractivity contribution is 0.242. The number of fused-ring (bicyclic) bond motifs is 2. The fourth-order valence-electron chi connectivity index (χ4n) is 3.47. The van der Waals surface area contributed by atoms with Gasteiger partial charge >= 0.3 is 0 Å². The zero-order valence-corrected chi connectivity index (χ0v) is 18.2. The summed E-state index contributed by atoms with van der Waals surface area (Å²) < 4.78 is 11.9. The van der Waals surface area contributed by atoms with Crippen LogP contribution in [0.4, 0.5) is 11.4 Å². The van der Waals surface area contributed by atoms with Crippen molar-refractivity contribution in [1.29, 1.82) is 0 Å². The van der Waals surface area contributed by atoms with Crippen LogP contribution in [0.25, 0.3) is 0 Å². The molecular weight excluding hydrogens is 378 g/mol. The largest absolute Gasteiger partial charge is 0.491 e. The molecule has 0 aromatic heterocycles. The second-order valence-electron chi connectivity index (χ2n) is 7.77. The van der Waals surface area contributed by atoms with Crippen molar-refractivity contribution in [3.05, 3.63) is 72.3 Å². The average Bonchev–Trinajstić information content (AvgIpc) is 2.67. The number of nitrogens with zero attached hydrogens (tertiary/aromatic N) is 1. The summed E-state index contributed by atoms with van der Waals surface area (Å²) in [6.45, 7) is 9.03. The number of hydrogen-bond donors (Lipinski definition) is 0. The molecule has 0 atom stereocenters. The predicted octanol–water partition coefficient (Wildman–Crippen LogP) is 7.06. The average molecular weight is 406 g/mol. The maximum atomic E-state index is 5.94. The molecule has 3 nitrogen and oxygen atoms in total. The summed E-state index contributed by atoms with van der Waals surface area (Å²) in [4.78, 5) is 4.79. The first kappa shape index (κ1) is 19.7. The van der Waals surface area contributed by atoms with Gasteiger partial charge in [0.1, 0.15) is 11.5 Å². The lowest BCUT2D eigenvalue weighted by Crippen LogP contribution is -2.20. The van der Waals surface area contributed by atoms with Crippen molar-refractivity contribution in [2.75, 3.05) is 4.90 Å². The Morgan fingerprint density at radius 3 is 1.72 bits per heavy atom. The van der Waals surface area contributed by atoms with E-state index in [9.17, 15) is 0 Å². The van der Waals surface area contributed by atoms with Crippen LogP contribution in [0.5, 0.6) is 11.5 Å². The molecule has 0 fully saturated rings. The molecule has 0 aliphatic carbocycles. The number of ether oxygens (including phenoxy) is 2. The van der Waals surface area contributed by atoms with Gasteiger partial charge in [0.25, 0.3) is 0 Å². The molecule has 29 heavy (non-hydrogen) atoms. The van der Waals surface area contributed by atoms with Gasteiger partial charge in [0.05, 0.1) is 23.6 Å². The van der Waals surface area contributed by atoms with Gasteiger partial charge in [-0.25, -0.2) is 0 Å². The van der Waals surface area contributed by atoms with E-state index in [2.05, 4.69) is 99.3 Å². The topological polar surface area (TPSA) is 21.7 Å². The SMILES string of the molecule is CC(C)Oc1ccc2c(c1)Sc1cc(OC(C)C)ccc1N2Cc1ccccc1. The van der Waals surface area contributed by atoms with Crippen molar-refractivity contribution in [2.45, 2.75) is 56.2 Å². The first-order valence-corrected chi connectivity index (χ1v) is 10.9. The Morgan fingerprint density at radius 2 is 1.24 bits per heavy atom. The molecule has 3 aromatic rings. The molecular formula is C25H27NO2S. The summed E-state index contributed by atoms with van der Waals surface area (Å²) in [5, 5.41) is 0. The zero-order valence-electron chi connectivity index (χ0n) is 17.4. The number of hydrogen-bond acceptors (Lipinski definition) is 4. The van der Waals surface area contributed by atoms with E-state index >= 15 is 0 Å². The van der Waals surface area contributed by atoms with Crippen LogP contribution >= 0.6 is 11.8 Å². The number of benzene rings is 3. The molecule has 0 unspecified atom stereocenters. The minimum absolute atomic E-state index is 0.153. The third-order valence-electron chi connectivity index (χ3n) is 4.59. The Bertz CT molecular complexity index is 926. The van der Waals surface area contributed by atoms with Gasteiger partial charge in [-0.3, -0.25) is 0 Å². The van der Waals surface area contributed by atoms with Crippen LogP contribution in [0.2, 0.25) is 0 Å². The normalized spacial score (nSPS) is 12.7. The van der Waals surface area contributed by atoms with Crippen molar-refractivity contribution in [1.82, 2.24) is 0 Å². The van der Waals surface area contributed by atoms with Crippen LogP contribution in [-0.2, 0) is 6.54 Å². The Balaban J connectivity index is 1.75. The maximum absolute atomic E-state index is 5.94. The van der Waals surface area contributed by atoms with Crippen molar-refractivity contribution in [2.24, 2.45) is 0 Å². The molecule has 0 N–H and O–H groups in total. The lowest BCUT2D eigenvalue weighted by Gasteiger charge is -2.33. The number of rotatable bonds is 6. The monoisotopic (exact) mass is 405 g/mol. The summed E-state index contributed by atoms with van der Waals surface area (Å²) in [6, 6.07) is 23.4. The minimum atomic E-state index is 0.153. The summed E-state index contributed by atoms with van der Waals surface area (Å²) in [7, 11) is 0. The van der Waals surface area contributed by atoms with E-state index in [4.69, 9.17) is 9.47 Å². The molecule has 1 aliphatic heterocycles. The van der Waals surface area contributed by atoms with Gasteiger partial charge in [0.15, 0.2) is 0 Å². The number of anilines is 2. The van der Waals surface area contributed by atoms with Crippen molar-refractivity contribution in [3.63, 3.8) is 0 Å². The zero-order chi connectivity index (χ0) is 20.4. The van der Waals surface area contributed by atoms with Gasteiger partial charge in [0.2, 0.25) is 0 Å². The van der Waals surface area contributed by atoms with Crippen LogP contribution < -0.4 is 14.4 Å². The van der Waals surface area contributed by atoms with Crippen LogP contribution in [0.3, 0.4) is 0 Å². The second-order valence-corrected chi connectivity index (χ2v) is 8.85. The van der Waals surface area contributed by atoms with Crippen LogP contribution in [0, 0.1) is 0 Å². The molecule has 0 saturated heterocycles. The highest BCUT2D eigenvalue weighted by Crippen LogP contribution is 2.50. The van der Waals surface area contributed by atoms with Gasteiger partial charge in [-0.15, -0.1) is 0 Å². The molecule has 3 aromatic carbocycles. The molecule has 4 rings (SSSR count). The Labute approximate surface area is 177 Å². The maximum Gasteiger partial charge on any atom is 0.120 e. The molecule has 1 heterocycles. The van der Waals surface area contributed by atoms with Crippen LogP contribution in [0.1, 0.15) is 33.3 Å². The van der Waals surface area contributed by atoms with Gasteiger partial charge in [-0.2, -0.15) is 0 Å². The third-order valence-corrected chi connectivity index (χ3v) is 5.68. The van der Waals surface area contributed by atoms with E-state index < -0.39 is 0 Å². The van der Waals surface area contributed by atoms with E-state index in [-0.39, 0.29) is 12.2 Å². The predicted molar refractivity (Wildman–Crippen MR) is 121 cm³/mol. The van der Waals surface area contributed by atoms with Gasteiger partial charge in [-0.1, -0.05) is 42.1 Å². The van der Waals surface area contributed by atoms with Gasteiger partial charge < -0.3 is 14.4 Å². The van der Waals surface area contributed by atoms with E-state index in [0.29, 0.717) is 0 Å². The highest BCUT2D eigenvalue weighted by atomic mass is 32.2. The van der Waals surface area contributed by atoms with E-state index in [1.54, 1.807) is 11.8 Å². The first-order valence-electron chi connectivity index (χ1n) is 10.1. The van der Waals surface area contributed by atoms with E-state index in [1.165, 1.54) is 26.7 Å². The molecule has 0 spiro atoms.